The molecule has 3 aromatic rings. The van der Waals surface area contributed by atoms with Crippen molar-refractivity contribution in [2.45, 2.75) is 57.8 Å². The predicted molar refractivity (Wildman–Crippen MR) is 133 cm³/mol. The Hall–Kier alpha value is -2.87. The van der Waals surface area contributed by atoms with Gasteiger partial charge in [-0.1, -0.05) is 54.9 Å². The smallest absolute Gasteiger partial charge is 0.230 e. The first-order valence-corrected chi connectivity index (χ1v) is 12.7. The van der Waals surface area contributed by atoms with Crippen LogP contribution in [0, 0.1) is 6.92 Å². The number of carbonyl (C=O) groups is 1. The van der Waals surface area contributed by atoms with E-state index in [0.717, 1.165) is 53.1 Å². The first-order valence-electron chi connectivity index (χ1n) is 11.7. The molecule has 7 nitrogen and oxygen atoms in total. The summed E-state index contributed by atoms with van der Waals surface area (Å²) in [6.45, 7) is 7.51. The SMILES string of the molecule is CCn1c(SCC(=O)NCc2ccc(N3CCCCCC3)nc2)nnc1-c1ccccc1C. The van der Waals surface area contributed by atoms with E-state index in [2.05, 4.69) is 68.1 Å². The summed E-state index contributed by atoms with van der Waals surface area (Å²) < 4.78 is 2.06. The van der Waals surface area contributed by atoms with E-state index in [1.165, 1.54) is 37.4 Å². The molecule has 1 amide bonds. The molecular formula is C25H32N6OS. The van der Waals surface area contributed by atoms with Gasteiger partial charge in [0.05, 0.1) is 5.75 Å². The molecule has 3 heterocycles. The topological polar surface area (TPSA) is 75.9 Å². The Morgan fingerprint density at radius 1 is 1.06 bits per heavy atom. The van der Waals surface area contributed by atoms with E-state index >= 15 is 0 Å². The van der Waals surface area contributed by atoms with Crippen LogP contribution in [0.4, 0.5) is 5.82 Å². The first kappa shape index (κ1) is 23.3. The van der Waals surface area contributed by atoms with Gasteiger partial charge in [0, 0.05) is 37.9 Å². The summed E-state index contributed by atoms with van der Waals surface area (Å²) in [6, 6.07) is 12.3. The van der Waals surface area contributed by atoms with Crippen LogP contribution in [0.5, 0.6) is 0 Å². The number of aryl methyl sites for hydroxylation is 1. The van der Waals surface area contributed by atoms with E-state index in [9.17, 15) is 4.79 Å². The Kier molecular flexibility index (Phi) is 7.99. The third-order valence-electron chi connectivity index (χ3n) is 5.98. The number of nitrogens with zero attached hydrogens (tertiary/aromatic N) is 5. The average Bonchev–Trinajstić information content (AvgIpc) is 3.05. The number of hydrogen-bond acceptors (Lipinski definition) is 6. The summed E-state index contributed by atoms with van der Waals surface area (Å²) in [5.74, 6) is 2.14. The Balaban J connectivity index is 1.30. The molecule has 1 aliphatic heterocycles. The van der Waals surface area contributed by atoms with Crippen LogP contribution in [0.15, 0.2) is 47.8 Å². The van der Waals surface area contributed by atoms with E-state index in [0.29, 0.717) is 12.3 Å². The summed E-state index contributed by atoms with van der Waals surface area (Å²) in [7, 11) is 0. The molecule has 1 N–H and O–H groups in total. The van der Waals surface area contributed by atoms with Gasteiger partial charge in [-0.15, -0.1) is 10.2 Å². The highest BCUT2D eigenvalue weighted by Gasteiger charge is 2.16. The van der Waals surface area contributed by atoms with Crippen LogP contribution >= 0.6 is 11.8 Å². The lowest BCUT2D eigenvalue weighted by molar-refractivity contribution is -0.118. The zero-order valence-electron chi connectivity index (χ0n) is 19.5. The second kappa shape index (κ2) is 11.3. The number of amides is 1. The molecular weight excluding hydrogens is 432 g/mol. The van der Waals surface area contributed by atoms with Gasteiger partial charge in [0.25, 0.3) is 0 Å². The highest BCUT2D eigenvalue weighted by molar-refractivity contribution is 7.99. The van der Waals surface area contributed by atoms with Crippen molar-refractivity contribution in [1.82, 2.24) is 25.1 Å². The summed E-state index contributed by atoms with van der Waals surface area (Å²) in [6.07, 6.45) is 6.95. The molecule has 0 spiro atoms. The first-order chi connectivity index (χ1) is 16.2. The summed E-state index contributed by atoms with van der Waals surface area (Å²) >= 11 is 1.41. The molecule has 1 saturated heterocycles. The molecule has 1 fully saturated rings. The second-order valence-electron chi connectivity index (χ2n) is 8.36. The molecule has 174 valence electrons. The Morgan fingerprint density at radius 2 is 1.85 bits per heavy atom. The van der Waals surface area contributed by atoms with Crippen molar-refractivity contribution in [3.63, 3.8) is 0 Å². The largest absolute Gasteiger partial charge is 0.357 e. The number of anilines is 1. The third kappa shape index (κ3) is 5.93. The molecule has 1 aliphatic rings. The number of benzene rings is 1. The maximum atomic E-state index is 12.5. The second-order valence-corrected chi connectivity index (χ2v) is 9.30. The highest BCUT2D eigenvalue weighted by Crippen LogP contribution is 2.26. The van der Waals surface area contributed by atoms with Gasteiger partial charge in [-0.3, -0.25) is 4.79 Å². The van der Waals surface area contributed by atoms with Crippen molar-refractivity contribution in [2.75, 3.05) is 23.7 Å². The van der Waals surface area contributed by atoms with Gasteiger partial charge in [0.1, 0.15) is 5.82 Å². The Labute approximate surface area is 200 Å². The van der Waals surface area contributed by atoms with Gasteiger partial charge < -0.3 is 14.8 Å². The molecule has 2 aromatic heterocycles. The van der Waals surface area contributed by atoms with Crippen LogP contribution in [0.25, 0.3) is 11.4 Å². The Bertz CT molecular complexity index is 1060. The van der Waals surface area contributed by atoms with Crippen LogP contribution < -0.4 is 10.2 Å². The van der Waals surface area contributed by atoms with Gasteiger partial charge in [-0.25, -0.2) is 4.98 Å². The van der Waals surface area contributed by atoms with Crippen LogP contribution in [-0.4, -0.2) is 44.5 Å². The minimum Gasteiger partial charge on any atom is -0.357 e. The molecule has 0 radical (unpaired) electrons. The maximum Gasteiger partial charge on any atom is 0.230 e. The van der Waals surface area contributed by atoms with Crippen LogP contribution in [0.1, 0.15) is 43.7 Å². The van der Waals surface area contributed by atoms with Gasteiger partial charge in [-0.05, 0) is 43.9 Å². The molecule has 1 aromatic carbocycles. The van der Waals surface area contributed by atoms with E-state index in [4.69, 9.17) is 0 Å². The minimum atomic E-state index is -0.0281. The van der Waals surface area contributed by atoms with E-state index in [1.54, 1.807) is 0 Å². The zero-order chi connectivity index (χ0) is 23.0. The number of rotatable bonds is 8. The van der Waals surface area contributed by atoms with E-state index < -0.39 is 0 Å². The minimum absolute atomic E-state index is 0.0281. The number of pyridine rings is 1. The van der Waals surface area contributed by atoms with Crippen LogP contribution in [0.3, 0.4) is 0 Å². The molecule has 0 bridgehead atoms. The average molecular weight is 465 g/mol. The Morgan fingerprint density at radius 3 is 2.55 bits per heavy atom. The fourth-order valence-corrected chi connectivity index (χ4v) is 4.93. The van der Waals surface area contributed by atoms with Crippen molar-refractivity contribution in [2.24, 2.45) is 0 Å². The van der Waals surface area contributed by atoms with E-state index in [1.807, 2.05) is 18.3 Å². The number of carbonyl (C=O) groups excluding carboxylic acids is 1. The molecule has 0 aliphatic carbocycles. The van der Waals surface area contributed by atoms with Crippen molar-refractivity contribution in [3.8, 4) is 11.4 Å². The molecule has 4 rings (SSSR count). The van der Waals surface area contributed by atoms with Gasteiger partial charge in [0.15, 0.2) is 11.0 Å². The number of hydrogen-bond donors (Lipinski definition) is 1. The van der Waals surface area contributed by atoms with Crippen LogP contribution in [-0.2, 0) is 17.9 Å². The van der Waals surface area contributed by atoms with Crippen LogP contribution in [0.2, 0.25) is 0 Å². The summed E-state index contributed by atoms with van der Waals surface area (Å²) in [5.41, 5.74) is 3.23. The molecule has 33 heavy (non-hydrogen) atoms. The summed E-state index contributed by atoms with van der Waals surface area (Å²) in [4.78, 5) is 19.4. The normalized spacial score (nSPS) is 14.2. The maximum absolute atomic E-state index is 12.5. The zero-order valence-corrected chi connectivity index (χ0v) is 20.3. The summed E-state index contributed by atoms with van der Waals surface area (Å²) in [5, 5.41) is 12.5. The fourth-order valence-electron chi connectivity index (χ4n) is 4.09. The quantitative estimate of drug-likeness (QED) is 0.496. The fraction of sp³-hybridized carbons (Fsp3) is 0.440. The van der Waals surface area contributed by atoms with Crippen molar-refractivity contribution < 1.29 is 4.79 Å². The van der Waals surface area contributed by atoms with Crippen molar-refractivity contribution in [1.29, 1.82) is 0 Å². The predicted octanol–water partition coefficient (Wildman–Crippen LogP) is 4.46. The van der Waals surface area contributed by atoms with Crippen molar-refractivity contribution >= 4 is 23.5 Å². The lowest BCUT2D eigenvalue weighted by Gasteiger charge is -2.21. The molecule has 0 atom stereocenters. The van der Waals surface area contributed by atoms with Gasteiger partial charge in [-0.2, -0.15) is 0 Å². The molecule has 0 saturated carbocycles. The third-order valence-corrected chi connectivity index (χ3v) is 6.95. The van der Waals surface area contributed by atoms with E-state index in [-0.39, 0.29) is 5.91 Å². The lowest BCUT2D eigenvalue weighted by Crippen LogP contribution is -2.26. The number of nitrogens with one attached hydrogen (secondary N) is 1. The molecule has 8 heteroatoms. The number of thioether (sulfide) groups is 1. The van der Waals surface area contributed by atoms with Gasteiger partial charge >= 0.3 is 0 Å². The van der Waals surface area contributed by atoms with Crippen molar-refractivity contribution in [3.05, 3.63) is 53.7 Å². The standard InChI is InChI=1S/C25H32N6OS/c1-3-31-24(21-11-7-6-10-19(21)2)28-29-25(31)33-18-23(32)27-17-20-12-13-22(26-16-20)30-14-8-4-5-9-15-30/h6-7,10-13,16H,3-5,8-9,14-15,17-18H2,1-2H3,(H,27,32). The lowest BCUT2D eigenvalue weighted by atomic mass is 10.1. The monoisotopic (exact) mass is 464 g/mol. The van der Waals surface area contributed by atoms with Gasteiger partial charge in [0.2, 0.25) is 5.91 Å². The molecule has 0 unspecified atom stereocenters. The highest BCUT2D eigenvalue weighted by atomic mass is 32.2. The number of aromatic nitrogens is 4.